The number of rotatable bonds is 7. The third kappa shape index (κ3) is 5.20. The third-order valence-corrected chi connectivity index (χ3v) is 4.31. The highest BCUT2D eigenvalue weighted by Crippen LogP contribution is 2.18. The average Bonchev–Trinajstić information content (AvgIpc) is 2.78. The Morgan fingerprint density at radius 3 is 2.37 bits per heavy atom. The molecule has 0 saturated heterocycles. The number of hydrogen-bond acceptors (Lipinski definition) is 6. The molecule has 2 aromatic heterocycles. The molecule has 30 heavy (non-hydrogen) atoms. The zero-order valence-electron chi connectivity index (χ0n) is 16.2. The first kappa shape index (κ1) is 19.1. The maximum atomic E-state index is 12.1. The van der Waals surface area contributed by atoms with Gasteiger partial charge in [0.15, 0.2) is 5.82 Å². The summed E-state index contributed by atoms with van der Waals surface area (Å²) in [6.45, 7) is 0.960. The fourth-order valence-corrected chi connectivity index (χ4v) is 2.87. The van der Waals surface area contributed by atoms with Crippen LogP contribution in [0, 0.1) is 0 Å². The number of nitrogens with zero attached hydrogens (tertiary/aromatic N) is 3. The number of fused-ring (bicyclic) bond motifs is 1. The molecule has 0 radical (unpaired) electrons. The normalized spacial score (nSPS) is 10.4. The van der Waals surface area contributed by atoms with E-state index in [1.165, 1.54) is 0 Å². The summed E-state index contributed by atoms with van der Waals surface area (Å²) in [5.74, 6) is 1.93. The van der Waals surface area contributed by atoms with Crippen molar-refractivity contribution >= 4 is 39.9 Å². The molecule has 4 N–H and O–H groups in total. The van der Waals surface area contributed by atoms with Gasteiger partial charge >= 0.3 is 6.03 Å². The molecule has 4 rings (SSSR count). The zero-order chi connectivity index (χ0) is 20.6. The SMILES string of the molecule is O=C(NCCNc1ccc(Nc2ccccn2)nn1)Nc1ccc2ccccc2c1. The molecule has 0 aliphatic heterocycles. The lowest BCUT2D eigenvalue weighted by Crippen LogP contribution is -2.32. The van der Waals surface area contributed by atoms with Gasteiger partial charge in [0, 0.05) is 25.0 Å². The van der Waals surface area contributed by atoms with Gasteiger partial charge in [0.05, 0.1) is 0 Å². The second-order valence-corrected chi connectivity index (χ2v) is 6.51. The Hall–Kier alpha value is -4.20. The van der Waals surface area contributed by atoms with Gasteiger partial charge in [-0.25, -0.2) is 9.78 Å². The summed E-state index contributed by atoms with van der Waals surface area (Å²) in [7, 11) is 0. The van der Waals surface area contributed by atoms with E-state index in [2.05, 4.69) is 36.4 Å². The highest BCUT2D eigenvalue weighted by molar-refractivity contribution is 5.93. The molecule has 0 saturated carbocycles. The highest BCUT2D eigenvalue weighted by Gasteiger charge is 2.03. The van der Waals surface area contributed by atoms with E-state index in [1.54, 1.807) is 6.20 Å². The number of benzene rings is 2. The Morgan fingerprint density at radius 2 is 1.57 bits per heavy atom. The van der Waals surface area contributed by atoms with E-state index >= 15 is 0 Å². The van der Waals surface area contributed by atoms with Gasteiger partial charge in [-0.2, -0.15) is 0 Å². The van der Waals surface area contributed by atoms with Crippen LogP contribution in [0.5, 0.6) is 0 Å². The minimum Gasteiger partial charge on any atom is -0.367 e. The molecule has 2 heterocycles. The van der Waals surface area contributed by atoms with Crippen LogP contribution >= 0.6 is 0 Å². The molecule has 0 fully saturated rings. The highest BCUT2D eigenvalue weighted by atomic mass is 16.2. The van der Waals surface area contributed by atoms with E-state index in [0.717, 1.165) is 16.5 Å². The predicted molar refractivity (Wildman–Crippen MR) is 119 cm³/mol. The lowest BCUT2D eigenvalue weighted by atomic mass is 10.1. The topological polar surface area (TPSA) is 104 Å². The summed E-state index contributed by atoms with van der Waals surface area (Å²) < 4.78 is 0. The molecule has 0 aliphatic carbocycles. The molecule has 0 spiro atoms. The average molecular weight is 399 g/mol. The molecule has 0 atom stereocenters. The van der Waals surface area contributed by atoms with E-state index in [9.17, 15) is 4.79 Å². The molecule has 8 heteroatoms. The molecule has 0 aliphatic rings. The van der Waals surface area contributed by atoms with Gasteiger partial charge in [0.1, 0.15) is 11.6 Å². The molecule has 8 nitrogen and oxygen atoms in total. The summed E-state index contributed by atoms with van der Waals surface area (Å²) in [6, 6.07) is 22.8. The number of pyridine rings is 1. The van der Waals surface area contributed by atoms with Crippen LogP contribution in [0.3, 0.4) is 0 Å². The summed E-state index contributed by atoms with van der Waals surface area (Å²) >= 11 is 0. The van der Waals surface area contributed by atoms with Crippen LogP contribution in [0.2, 0.25) is 0 Å². The smallest absolute Gasteiger partial charge is 0.319 e. The van der Waals surface area contributed by atoms with Crippen molar-refractivity contribution in [2.75, 3.05) is 29.0 Å². The number of carbonyl (C=O) groups excluding carboxylic acids is 1. The van der Waals surface area contributed by atoms with Crippen molar-refractivity contribution in [3.8, 4) is 0 Å². The maximum Gasteiger partial charge on any atom is 0.319 e. The number of amides is 2. The van der Waals surface area contributed by atoms with Crippen LogP contribution in [0.1, 0.15) is 0 Å². The minimum atomic E-state index is -0.256. The fraction of sp³-hybridized carbons (Fsp3) is 0.0909. The van der Waals surface area contributed by atoms with E-state index in [0.29, 0.717) is 30.5 Å². The van der Waals surface area contributed by atoms with Gasteiger partial charge in [-0.05, 0) is 47.2 Å². The second kappa shape index (κ2) is 9.33. The summed E-state index contributed by atoms with van der Waals surface area (Å²) in [5, 5.41) is 22.3. The molecule has 0 unspecified atom stereocenters. The van der Waals surface area contributed by atoms with Crippen LogP contribution < -0.4 is 21.3 Å². The molecular formula is C22H21N7O. The van der Waals surface area contributed by atoms with Crippen molar-refractivity contribution in [3.05, 3.63) is 79.0 Å². The maximum absolute atomic E-state index is 12.1. The predicted octanol–water partition coefficient (Wildman–Crippen LogP) is 4.00. The summed E-state index contributed by atoms with van der Waals surface area (Å²) in [5.41, 5.74) is 0.751. The van der Waals surface area contributed by atoms with Crippen LogP contribution in [-0.4, -0.2) is 34.3 Å². The van der Waals surface area contributed by atoms with Crippen molar-refractivity contribution in [2.45, 2.75) is 0 Å². The molecule has 2 aromatic carbocycles. The lowest BCUT2D eigenvalue weighted by molar-refractivity contribution is 0.252. The van der Waals surface area contributed by atoms with E-state index in [4.69, 9.17) is 0 Å². The summed E-state index contributed by atoms with van der Waals surface area (Å²) in [4.78, 5) is 16.3. The number of urea groups is 1. The van der Waals surface area contributed by atoms with Crippen LogP contribution in [-0.2, 0) is 0 Å². The molecule has 2 amide bonds. The quantitative estimate of drug-likeness (QED) is 0.350. The third-order valence-electron chi connectivity index (χ3n) is 4.31. The van der Waals surface area contributed by atoms with E-state index < -0.39 is 0 Å². The number of nitrogens with one attached hydrogen (secondary N) is 4. The van der Waals surface area contributed by atoms with E-state index in [-0.39, 0.29) is 6.03 Å². The standard InChI is InChI=1S/C22H21N7O/c30-22(26-18-9-8-16-5-1-2-6-17(16)15-18)25-14-13-24-20-10-11-21(29-28-20)27-19-7-3-4-12-23-19/h1-12,15H,13-14H2,(H,24,28)(H,23,27,29)(H2,25,26,30). The van der Waals surface area contributed by atoms with Crippen LogP contribution in [0.4, 0.5) is 27.9 Å². The van der Waals surface area contributed by atoms with Gasteiger partial charge in [-0.1, -0.05) is 36.4 Å². The molecule has 150 valence electrons. The Labute approximate surface area is 173 Å². The number of hydrogen-bond donors (Lipinski definition) is 4. The van der Waals surface area contributed by atoms with Gasteiger partial charge in [0.2, 0.25) is 0 Å². The first-order chi connectivity index (χ1) is 14.8. The second-order valence-electron chi connectivity index (χ2n) is 6.51. The number of carbonyl (C=O) groups is 1. The van der Waals surface area contributed by atoms with Crippen LogP contribution in [0.15, 0.2) is 79.0 Å². The van der Waals surface area contributed by atoms with Crippen LogP contribution in [0.25, 0.3) is 10.8 Å². The Bertz CT molecular complexity index is 1120. The minimum absolute atomic E-state index is 0.256. The van der Waals surface area contributed by atoms with Crippen molar-refractivity contribution in [3.63, 3.8) is 0 Å². The van der Waals surface area contributed by atoms with Gasteiger partial charge in [-0.15, -0.1) is 10.2 Å². The molecule has 4 aromatic rings. The molecule has 0 bridgehead atoms. The Morgan fingerprint density at radius 1 is 0.767 bits per heavy atom. The fourth-order valence-electron chi connectivity index (χ4n) is 2.87. The Kier molecular flexibility index (Phi) is 5.95. The Balaban J connectivity index is 1.20. The number of aromatic nitrogens is 3. The zero-order valence-corrected chi connectivity index (χ0v) is 16.2. The summed E-state index contributed by atoms with van der Waals surface area (Å²) in [6.07, 6.45) is 1.70. The van der Waals surface area contributed by atoms with Crippen molar-refractivity contribution in [1.82, 2.24) is 20.5 Å². The van der Waals surface area contributed by atoms with Crippen molar-refractivity contribution in [2.24, 2.45) is 0 Å². The number of anilines is 4. The van der Waals surface area contributed by atoms with Crippen molar-refractivity contribution < 1.29 is 4.79 Å². The van der Waals surface area contributed by atoms with Crippen molar-refractivity contribution in [1.29, 1.82) is 0 Å². The van der Waals surface area contributed by atoms with Gasteiger partial charge in [-0.3, -0.25) is 0 Å². The monoisotopic (exact) mass is 399 g/mol. The molecular weight excluding hydrogens is 378 g/mol. The first-order valence-electron chi connectivity index (χ1n) is 9.55. The van der Waals surface area contributed by atoms with Gasteiger partial charge < -0.3 is 21.3 Å². The lowest BCUT2D eigenvalue weighted by Gasteiger charge is -2.10. The van der Waals surface area contributed by atoms with E-state index in [1.807, 2.05) is 72.8 Å². The van der Waals surface area contributed by atoms with Gasteiger partial charge in [0.25, 0.3) is 0 Å². The first-order valence-corrected chi connectivity index (χ1v) is 9.55. The largest absolute Gasteiger partial charge is 0.367 e.